The van der Waals surface area contributed by atoms with E-state index in [1.54, 1.807) is 0 Å². The predicted octanol–water partition coefficient (Wildman–Crippen LogP) is 0.133. The number of carboxylic acid groups (broad SMARTS) is 1. The van der Waals surface area contributed by atoms with E-state index in [0.29, 0.717) is 17.3 Å². The number of hydrogen-bond acceptors (Lipinski definition) is 11. The molecule has 2 aliphatic heterocycles. The van der Waals surface area contributed by atoms with Crippen LogP contribution >= 0.6 is 23.1 Å². The summed E-state index contributed by atoms with van der Waals surface area (Å²) in [5.41, 5.74) is 6.69. The molecule has 4 atom stereocenters. The van der Waals surface area contributed by atoms with Crippen LogP contribution in [0.5, 0.6) is 0 Å². The first-order valence-electron chi connectivity index (χ1n) is 9.96. The van der Waals surface area contributed by atoms with Gasteiger partial charge in [-0.15, -0.1) is 23.1 Å². The number of β-lactam (4-membered cyclic amide) rings is 1. The lowest BCUT2D eigenvalue weighted by Crippen LogP contribution is -2.70. The first-order chi connectivity index (χ1) is 15.8. The van der Waals surface area contributed by atoms with E-state index in [1.807, 2.05) is 5.38 Å². The maximum absolute atomic E-state index is 12.5. The van der Waals surface area contributed by atoms with Crippen LogP contribution in [0.25, 0.3) is 0 Å². The fraction of sp³-hybridized carbons (Fsp3) is 0.474. The van der Waals surface area contributed by atoms with Gasteiger partial charge in [0.05, 0.1) is 5.69 Å². The molecule has 2 fully saturated rings. The van der Waals surface area contributed by atoms with Crippen LogP contribution in [-0.4, -0.2) is 75.3 Å². The molecule has 2 amide bonds. The fourth-order valence-electron chi connectivity index (χ4n) is 3.66. The van der Waals surface area contributed by atoms with Gasteiger partial charge in [-0.05, 0) is 6.42 Å². The highest BCUT2D eigenvalue weighted by Crippen LogP contribution is 2.47. The third-order valence-corrected chi connectivity index (χ3v) is 7.40. The van der Waals surface area contributed by atoms with E-state index in [-0.39, 0.29) is 29.9 Å². The number of nitrogens with zero attached hydrogens (tertiary/aromatic N) is 3. The SMILES string of the molecule is CC(=O)OCC1=C(C(=O)O)N2C(=O)[C@@H](NC(=O)/C=N\OCC3CC3c3csc(N)n3)[C@H]2SC1. The average Bonchev–Trinajstić information content (AvgIpc) is 3.42. The molecule has 3 aliphatic rings. The molecule has 1 saturated carbocycles. The van der Waals surface area contributed by atoms with Crippen molar-refractivity contribution in [2.75, 3.05) is 24.7 Å². The van der Waals surface area contributed by atoms with Gasteiger partial charge in [-0.2, -0.15) is 0 Å². The van der Waals surface area contributed by atoms with Gasteiger partial charge in [0.25, 0.3) is 11.8 Å². The van der Waals surface area contributed by atoms with E-state index >= 15 is 0 Å². The lowest BCUT2D eigenvalue weighted by Gasteiger charge is -2.49. The number of nitrogen functional groups attached to an aromatic ring is 1. The molecule has 176 valence electrons. The second-order valence-corrected chi connectivity index (χ2v) is 9.67. The Balaban J connectivity index is 1.25. The van der Waals surface area contributed by atoms with Crippen LogP contribution in [0.3, 0.4) is 0 Å². The van der Waals surface area contributed by atoms with Gasteiger partial charge in [0, 0.05) is 35.5 Å². The zero-order valence-electron chi connectivity index (χ0n) is 17.4. The number of ether oxygens (including phenoxy) is 1. The van der Waals surface area contributed by atoms with Gasteiger partial charge in [0.2, 0.25) is 0 Å². The number of carbonyl (C=O) groups is 4. The largest absolute Gasteiger partial charge is 0.477 e. The molecule has 0 aromatic carbocycles. The number of anilines is 1. The molecule has 4 rings (SSSR count). The highest BCUT2D eigenvalue weighted by molar-refractivity contribution is 8.00. The summed E-state index contributed by atoms with van der Waals surface area (Å²) in [7, 11) is 0. The van der Waals surface area contributed by atoms with Crippen LogP contribution in [0.15, 0.2) is 21.8 Å². The quantitative estimate of drug-likeness (QED) is 0.185. The number of thioether (sulfide) groups is 1. The summed E-state index contributed by atoms with van der Waals surface area (Å²) in [5, 5.41) is 17.6. The predicted molar refractivity (Wildman–Crippen MR) is 118 cm³/mol. The molecule has 1 aromatic heterocycles. The number of thiazole rings is 1. The van der Waals surface area contributed by atoms with Crippen molar-refractivity contribution in [3.8, 4) is 0 Å². The highest BCUT2D eigenvalue weighted by Gasteiger charge is 2.54. The number of hydrogen-bond donors (Lipinski definition) is 3. The number of aromatic nitrogens is 1. The zero-order valence-corrected chi connectivity index (χ0v) is 19.1. The van der Waals surface area contributed by atoms with Gasteiger partial charge >= 0.3 is 11.9 Å². The first kappa shape index (κ1) is 23.0. The third-order valence-electron chi connectivity index (χ3n) is 5.37. The molecule has 12 nitrogen and oxygen atoms in total. The van der Waals surface area contributed by atoms with Crippen molar-refractivity contribution in [2.45, 2.75) is 30.7 Å². The van der Waals surface area contributed by atoms with Gasteiger partial charge in [-0.3, -0.25) is 19.3 Å². The normalized spacial score (nSPS) is 26.0. The van der Waals surface area contributed by atoms with Crippen LogP contribution in [0.4, 0.5) is 5.13 Å². The van der Waals surface area contributed by atoms with Crippen molar-refractivity contribution in [1.29, 1.82) is 0 Å². The Morgan fingerprint density at radius 1 is 1.45 bits per heavy atom. The monoisotopic (exact) mass is 495 g/mol. The number of nitrogens with one attached hydrogen (secondary N) is 1. The third kappa shape index (κ3) is 4.95. The molecule has 0 radical (unpaired) electrons. The average molecular weight is 496 g/mol. The number of esters is 1. The highest BCUT2D eigenvalue weighted by atomic mass is 32.2. The van der Waals surface area contributed by atoms with Gasteiger partial charge in [0.15, 0.2) is 5.13 Å². The molecule has 0 bridgehead atoms. The summed E-state index contributed by atoms with van der Waals surface area (Å²) >= 11 is 2.67. The Bertz CT molecular complexity index is 1060. The van der Waals surface area contributed by atoms with E-state index in [2.05, 4.69) is 15.5 Å². The molecule has 14 heteroatoms. The van der Waals surface area contributed by atoms with Crippen molar-refractivity contribution >= 4 is 58.2 Å². The van der Waals surface area contributed by atoms with Crippen LogP contribution in [0.2, 0.25) is 0 Å². The summed E-state index contributed by atoms with van der Waals surface area (Å²) in [6.45, 7) is 1.34. The number of carboxylic acids is 1. The van der Waals surface area contributed by atoms with Crippen molar-refractivity contribution < 1.29 is 33.9 Å². The van der Waals surface area contributed by atoms with E-state index in [4.69, 9.17) is 15.3 Å². The number of rotatable bonds is 9. The summed E-state index contributed by atoms with van der Waals surface area (Å²) in [6.07, 6.45) is 1.86. The molecule has 33 heavy (non-hydrogen) atoms. The van der Waals surface area contributed by atoms with Crippen molar-refractivity contribution in [2.24, 2.45) is 11.1 Å². The number of fused-ring (bicyclic) bond motifs is 1. The van der Waals surface area contributed by atoms with Crippen LogP contribution < -0.4 is 11.1 Å². The summed E-state index contributed by atoms with van der Waals surface area (Å²) in [6, 6.07) is -0.887. The molecule has 4 N–H and O–H groups in total. The minimum Gasteiger partial charge on any atom is -0.477 e. The molecule has 1 saturated heterocycles. The number of carbonyl (C=O) groups excluding carboxylic acids is 3. The van der Waals surface area contributed by atoms with Crippen molar-refractivity contribution in [3.63, 3.8) is 0 Å². The Morgan fingerprint density at radius 3 is 2.91 bits per heavy atom. The minimum atomic E-state index is -1.30. The minimum absolute atomic E-state index is 0.209. The Morgan fingerprint density at radius 2 is 2.24 bits per heavy atom. The smallest absolute Gasteiger partial charge is 0.352 e. The van der Waals surface area contributed by atoms with E-state index < -0.39 is 35.2 Å². The molecular weight excluding hydrogens is 474 g/mol. The number of aliphatic carboxylic acids is 1. The maximum Gasteiger partial charge on any atom is 0.352 e. The summed E-state index contributed by atoms with van der Waals surface area (Å²) < 4.78 is 4.88. The molecular formula is C19H21N5O7S2. The van der Waals surface area contributed by atoms with Crippen LogP contribution in [0.1, 0.15) is 25.0 Å². The zero-order chi connectivity index (χ0) is 23.7. The molecule has 0 spiro atoms. The molecule has 1 aliphatic carbocycles. The van der Waals surface area contributed by atoms with Crippen molar-refractivity contribution in [3.05, 3.63) is 22.3 Å². The Labute approximate surface area is 196 Å². The first-order valence-corrected chi connectivity index (χ1v) is 11.9. The fourth-order valence-corrected chi connectivity index (χ4v) is 5.62. The molecule has 1 aromatic rings. The number of oxime groups is 1. The second-order valence-electron chi connectivity index (χ2n) is 7.68. The van der Waals surface area contributed by atoms with Gasteiger partial charge in [0.1, 0.15) is 36.5 Å². The van der Waals surface area contributed by atoms with E-state index in [0.717, 1.165) is 23.2 Å². The summed E-state index contributed by atoms with van der Waals surface area (Å²) in [5.74, 6) is -2.24. The topological polar surface area (TPSA) is 174 Å². The molecule has 2 unspecified atom stereocenters. The lowest BCUT2D eigenvalue weighted by atomic mass is 10.0. The Kier molecular flexibility index (Phi) is 6.56. The van der Waals surface area contributed by atoms with Gasteiger partial charge in [-0.1, -0.05) is 5.16 Å². The Hall–Kier alpha value is -3.13. The lowest BCUT2D eigenvalue weighted by molar-refractivity contribution is -0.150. The number of nitrogens with two attached hydrogens (primary N) is 1. The van der Waals surface area contributed by atoms with Gasteiger partial charge < -0.3 is 25.7 Å². The van der Waals surface area contributed by atoms with E-state index in [1.165, 1.54) is 30.0 Å². The van der Waals surface area contributed by atoms with Crippen LogP contribution in [0, 0.1) is 5.92 Å². The van der Waals surface area contributed by atoms with Gasteiger partial charge in [-0.25, -0.2) is 9.78 Å². The molecule has 3 heterocycles. The standard InChI is InChI=1S/C19H21N5O7S2/c1-8(25)30-4-10-6-32-17-14(16(27)24(17)15(10)18(28)29)23-13(26)3-21-31-5-9-2-11(9)12-7-33-19(20)22-12/h3,7,9,11,14,17H,2,4-6H2,1H3,(H2,20,22)(H,23,26)(H,28,29)/b21-3-/t9?,11?,14-,17-/m1/s1. The van der Waals surface area contributed by atoms with Crippen LogP contribution in [-0.2, 0) is 28.8 Å². The van der Waals surface area contributed by atoms with Crippen molar-refractivity contribution in [1.82, 2.24) is 15.2 Å². The second kappa shape index (κ2) is 9.39. The summed E-state index contributed by atoms with van der Waals surface area (Å²) in [4.78, 5) is 57.9. The van der Waals surface area contributed by atoms with E-state index in [9.17, 15) is 24.3 Å². The number of amides is 2. The maximum atomic E-state index is 12.5.